The summed E-state index contributed by atoms with van der Waals surface area (Å²) in [5.74, 6) is 1.03. The number of nitrogens with zero attached hydrogens (tertiary/aromatic N) is 2. The number of benzene rings is 1. The van der Waals surface area contributed by atoms with Crippen LogP contribution < -0.4 is 9.47 Å². The van der Waals surface area contributed by atoms with Crippen molar-refractivity contribution in [3.05, 3.63) is 28.3 Å². The number of ether oxygens (including phenoxy) is 2. The molecule has 5 heteroatoms. The van der Waals surface area contributed by atoms with E-state index in [1.165, 1.54) is 13.2 Å². The van der Waals surface area contributed by atoms with Crippen LogP contribution in [0, 0.1) is 22.7 Å². The molecule has 1 aromatic carbocycles. The van der Waals surface area contributed by atoms with Gasteiger partial charge in [0, 0.05) is 6.07 Å². The minimum absolute atomic E-state index is 0.0236. The van der Waals surface area contributed by atoms with E-state index in [9.17, 15) is 0 Å². The Hall–Kier alpha value is -2.17. The molecule has 0 N–H and O–H groups in total. The first kappa shape index (κ1) is 13.9. The molecule has 4 nitrogen and oxygen atoms in total. The molecule has 92 valence electrons. The zero-order valence-electron chi connectivity index (χ0n) is 10.0. The Balaban J connectivity index is 3.31. The van der Waals surface area contributed by atoms with Gasteiger partial charge in [-0.1, -0.05) is 11.6 Å². The van der Waals surface area contributed by atoms with E-state index in [2.05, 4.69) is 0 Å². The molecule has 0 aliphatic carbocycles. The van der Waals surface area contributed by atoms with Gasteiger partial charge in [-0.25, -0.2) is 0 Å². The third-order valence-corrected chi connectivity index (χ3v) is 2.45. The van der Waals surface area contributed by atoms with Crippen LogP contribution in [0.1, 0.15) is 12.5 Å². The van der Waals surface area contributed by atoms with Crippen molar-refractivity contribution in [1.82, 2.24) is 0 Å². The maximum Gasteiger partial charge on any atom is 0.162 e. The van der Waals surface area contributed by atoms with Gasteiger partial charge in [-0.05, 0) is 24.6 Å². The zero-order chi connectivity index (χ0) is 13.5. The van der Waals surface area contributed by atoms with Gasteiger partial charge in [0.15, 0.2) is 11.5 Å². The number of halogens is 1. The first-order chi connectivity index (χ1) is 8.65. The normalized spacial score (nSPS) is 8.94. The molecule has 0 heterocycles. The highest BCUT2D eigenvalue weighted by molar-refractivity contribution is 6.32. The molecule has 0 radical (unpaired) electrons. The first-order valence-electron chi connectivity index (χ1n) is 5.18. The van der Waals surface area contributed by atoms with E-state index in [1.807, 2.05) is 6.92 Å². The summed E-state index contributed by atoms with van der Waals surface area (Å²) in [6.45, 7) is 2.32. The van der Waals surface area contributed by atoms with Crippen LogP contribution >= 0.6 is 11.6 Å². The fraction of sp³-hybridized carbons (Fsp3) is 0.231. The van der Waals surface area contributed by atoms with E-state index in [-0.39, 0.29) is 5.57 Å². The standard InChI is InChI=1S/C13H11ClN2O2/c1-3-18-13-5-10(4-9(7-15)8-16)11(14)6-12(13)17-2/h4-6H,3H2,1-2H3. The molecule has 0 aromatic heterocycles. The van der Waals surface area contributed by atoms with E-state index in [1.54, 1.807) is 24.3 Å². The Kier molecular flexibility index (Phi) is 5.05. The maximum absolute atomic E-state index is 8.71. The molecule has 0 amide bonds. The van der Waals surface area contributed by atoms with Crippen LogP contribution in [0.3, 0.4) is 0 Å². The zero-order valence-corrected chi connectivity index (χ0v) is 10.8. The molecule has 0 saturated heterocycles. The number of hydrogen-bond acceptors (Lipinski definition) is 4. The van der Waals surface area contributed by atoms with Gasteiger partial charge in [-0.15, -0.1) is 0 Å². The first-order valence-corrected chi connectivity index (χ1v) is 5.56. The average Bonchev–Trinajstić information content (AvgIpc) is 2.39. The number of allylic oxidation sites excluding steroid dienone is 1. The third kappa shape index (κ3) is 3.16. The lowest BCUT2D eigenvalue weighted by molar-refractivity contribution is 0.311. The predicted molar refractivity (Wildman–Crippen MR) is 68.4 cm³/mol. The van der Waals surface area contributed by atoms with Crippen LogP contribution in [-0.4, -0.2) is 13.7 Å². The summed E-state index contributed by atoms with van der Waals surface area (Å²) in [7, 11) is 1.51. The Morgan fingerprint density at radius 3 is 2.50 bits per heavy atom. The summed E-state index contributed by atoms with van der Waals surface area (Å²) in [6.07, 6.45) is 1.41. The van der Waals surface area contributed by atoms with Crippen molar-refractivity contribution in [3.8, 4) is 23.6 Å². The van der Waals surface area contributed by atoms with Gasteiger partial charge in [0.25, 0.3) is 0 Å². The third-order valence-electron chi connectivity index (χ3n) is 2.12. The quantitative estimate of drug-likeness (QED) is 0.782. The molecular formula is C13H11ClN2O2. The molecular weight excluding hydrogens is 252 g/mol. The monoisotopic (exact) mass is 262 g/mol. The van der Waals surface area contributed by atoms with Gasteiger partial charge in [0.1, 0.15) is 17.7 Å². The molecule has 0 spiro atoms. The van der Waals surface area contributed by atoms with Crippen LogP contribution in [0.4, 0.5) is 0 Å². The summed E-state index contributed by atoms with van der Waals surface area (Å²) >= 11 is 6.04. The maximum atomic E-state index is 8.71. The van der Waals surface area contributed by atoms with Crippen LogP contribution in [0.15, 0.2) is 17.7 Å². The molecule has 1 aromatic rings. The van der Waals surface area contributed by atoms with Crippen molar-refractivity contribution in [1.29, 1.82) is 10.5 Å². The second-order valence-electron chi connectivity index (χ2n) is 3.24. The van der Waals surface area contributed by atoms with Crippen molar-refractivity contribution in [2.24, 2.45) is 0 Å². The van der Waals surface area contributed by atoms with Crippen LogP contribution in [-0.2, 0) is 0 Å². The summed E-state index contributed by atoms with van der Waals surface area (Å²) < 4.78 is 10.5. The van der Waals surface area contributed by atoms with Gasteiger partial charge in [0.05, 0.1) is 18.7 Å². The molecule has 0 aliphatic heterocycles. The van der Waals surface area contributed by atoms with Gasteiger partial charge < -0.3 is 9.47 Å². The molecule has 1 rings (SSSR count). The number of rotatable bonds is 4. The SMILES string of the molecule is CCOc1cc(C=C(C#N)C#N)c(Cl)cc1OC. The predicted octanol–water partition coefficient (Wildman–Crippen LogP) is 3.18. The van der Waals surface area contributed by atoms with Crippen molar-refractivity contribution in [2.45, 2.75) is 6.92 Å². The van der Waals surface area contributed by atoms with E-state index in [0.29, 0.717) is 28.7 Å². The highest BCUT2D eigenvalue weighted by atomic mass is 35.5. The van der Waals surface area contributed by atoms with Crippen molar-refractivity contribution >= 4 is 17.7 Å². The van der Waals surface area contributed by atoms with Crippen LogP contribution in [0.5, 0.6) is 11.5 Å². The van der Waals surface area contributed by atoms with E-state index in [0.717, 1.165) is 0 Å². The second-order valence-corrected chi connectivity index (χ2v) is 3.65. The Morgan fingerprint density at radius 2 is 2.00 bits per heavy atom. The summed E-state index contributed by atoms with van der Waals surface area (Å²) in [6, 6.07) is 6.78. The molecule has 18 heavy (non-hydrogen) atoms. The largest absolute Gasteiger partial charge is 0.493 e. The topological polar surface area (TPSA) is 66.0 Å². The molecule has 0 unspecified atom stereocenters. The van der Waals surface area contributed by atoms with Gasteiger partial charge in [0.2, 0.25) is 0 Å². The molecule has 0 fully saturated rings. The van der Waals surface area contributed by atoms with E-state index < -0.39 is 0 Å². The Morgan fingerprint density at radius 1 is 1.33 bits per heavy atom. The van der Waals surface area contributed by atoms with E-state index >= 15 is 0 Å². The highest BCUT2D eigenvalue weighted by Gasteiger charge is 2.09. The van der Waals surface area contributed by atoms with Gasteiger partial charge in [-0.3, -0.25) is 0 Å². The Bertz CT molecular complexity index is 537. The van der Waals surface area contributed by atoms with Crippen molar-refractivity contribution < 1.29 is 9.47 Å². The summed E-state index contributed by atoms with van der Waals surface area (Å²) in [5, 5.41) is 17.8. The van der Waals surface area contributed by atoms with Crippen molar-refractivity contribution in [2.75, 3.05) is 13.7 Å². The van der Waals surface area contributed by atoms with Gasteiger partial charge >= 0.3 is 0 Å². The fourth-order valence-corrected chi connectivity index (χ4v) is 1.54. The molecule has 0 aliphatic rings. The smallest absolute Gasteiger partial charge is 0.162 e. The second kappa shape index (κ2) is 6.54. The van der Waals surface area contributed by atoms with Crippen LogP contribution in [0.25, 0.3) is 6.08 Å². The number of nitriles is 2. The lowest BCUT2D eigenvalue weighted by atomic mass is 10.1. The lowest BCUT2D eigenvalue weighted by Crippen LogP contribution is -1.96. The molecule has 0 bridgehead atoms. The number of hydrogen-bond donors (Lipinski definition) is 0. The summed E-state index contributed by atoms with van der Waals surface area (Å²) in [4.78, 5) is 0. The lowest BCUT2D eigenvalue weighted by Gasteiger charge is -2.11. The highest BCUT2D eigenvalue weighted by Crippen LogP contribution is 2.34. The Labute approximate surface area is 111 Å². The van der Waals surface area contributed by atoms with E-state index in [4.69, 9.17) is 31.6 Å². The van der Waals surface area contributed by atoms with Gasteiger partial charge in [-0.2, -0.15) is 10.5 Å². The number of methoxy groups -OCH3 is 1. The molecule has 0 atom stereocenters. The molecule has 0 saturated carbocycles. The fourth-order valence-electron chi connectivity index (χ4n) is 1.33. The van der Waals surface area contributed by atoms with Crippen LogP contribution in [0.2, 0.25) is 5.02 Å². The average molecular weight is 263 g/mol. The minimum Gasteiger partial charge on any atom is -0.493 e. The minimum atomic E-state index is -0.0236. The van der Waals surface area contributed by atoms with Crippen molar-refractivity contribution in [3.63, 3.8) is 0 Å². The summed E-state index contributed by atoms with van der Waals surface area (Å²) in [5.41, 5.74) is 0.517.